The van der Waals surface area contributed by atoms with E-state index in [1.165, 1.54) is 18.2 Å². The van der Waals surface area contributed by atoms with Crippen LogP contribution in [0.3, 0.4) is 0 Å². The van der Waals surface area contributed by atoms with Gasteiger partial charge >= 0.3 is 6.18 Å². The number of ketones is 1. The molecule has 27 heavy (non-hydrogen) atoms. The van der Waals surface area contributed by atoms with Crippen molar-refractivity contribution in [3.63, 3.8) is 0 Å². The van der Waals surface area contributed by atoms with Gasteiger partial charge in [-0.3, -0.25) is 4.79 Å². The minimum Gasteiger partial charge on any atom is -0.294 e. The van der Waals surface area contributed by atoms with Crippen molar-refractivity contribution in [3.8, 4) is 0 Å². The molecule has 1 aliphatic rings. The monoisotopic (exact) mass is 542 g/mol. The number of Topliss-reactive ketones (excluding diaryl/α,β-unsaturated/α-hetero) is 1. The zero-order valence-electron chi connectivity index (χ0n) is 13.7. The Bertz CT molecular complexity index is 877. The van der Waals surface area contributed by atoms with Gasteiger partial charge in [-0.2, -0.15) is 13.2 Å². The van der Waals surface area contributed by atoms with E-state index in [0.29, 0.717) is 0 Å². The van der Waals surface area contributed by atoms with E-state index in [0.717, 1.165) is 24.0 Å². The molecule has 2 aromatic rings. The fourth-order valence-electron chi connectivity index (χ4n) is 3.26. The average Bonchev–Trinajstić information content (AvgIpc) is 2.85. The fourth-order valence-corrected chi connectivity index (χ4v) is 4.97. The summed E-state index contributed by atoms with van der Waals surface area (Å²) in [6.45, 7) is 0. The van der Waals surface area contributed by atoms with Gasteiger partial charge in [0.1, 0.15) is 3.23 Å². The molecule has 144 valence electrons. The smallest absolute Gasteiger partial charge is 0.294 e. The third kappa shape index (κ3) is 4.72. The Morgan fingerprint density at radius 1 is 1.11 bits per heavy atom. The molecule has 0 heterocycles. The number of carbonyl (C=O) groups is 1. The number of fused-ring (bicyclic) bond motifs is 1. The van der Waals surface area contributed by atoms with Crippen LogP contribution in [-0.4, -0.2) is 12.0 Å². The van der Waals surface area contributed by atoms with E-state index < -0.39 is 24.3 Å². The van der Waals surface area contributed by atoms with Gasteiger partial charge in [-0.15, -0.1) is 0 Å². The number of hydrogen-bond acceptors (Lipinski definition) is 1. The number of hydrogen-bond donors (Lipinski definition) is 0. The molecule has 1 aliphatic carbocycles. The van der Waals surface area contributed by atoms with Gasteiger partial charge in [-0.25, -0.2) is 0 Å². The third-order valence-corrected chi connectivity index (χ3v) is 6.69. The molecule has 0 N–H and O–H groups in total. The van der Waals surface area contributed by atoms with E-state index in [9.17, 15) is 18.0 Å². The van der Waals surface area contributed by atoms with E-state index in [1.54, 1.807) is 18.2 Å². The van der Waals surface area contributed by atoms with Crippen molar-refractivity contribution in [1.29, 1.82) is 0 Å². The lowest BCUT2D eigenvalue weighted by Crippen LogP contribution is -2.24. The van der Waals surface area contributed by atoms with Gasteiger partial charge in [0.05, 0.1) is 5.92 Å². The summed E-state index contributed by atoms with van der Waals surface area (Å²) in [6.07, 6.45) is -3.76. The first-order valence-electron chi connectivity index (χ1n) is 8.04. The summed E-state index contributed by atoms with van der Waals surface area (Å²) in [4.78, 5) is 12.6. The Hall–Kier alpha value is -0.560. The standard InChI is InChI=1S/C19H13Br2Cl2F3O/c20-18(21)4-3-10-5-11(1-2-15(10)18)17(27)9-16(19(24,25)26)12-6-13(22)8-14(23)7-12/h1-2,5-8,16H,3-4,9H2/t16-/m0/s1. The van der Waals surface area contributed by atoms with Gasteiger partial charge in [0, 0.05) is 22.0 Å². The maximum Gasteiger partial charge on any atom is 0.396 e. The summed E-state index contributed by atoms with van der Waals surface area (Å²) in [5.41, 5.74) is 2.10. The highest BCUT2D eigenvalue weighted by molar-refractivity contribution is 9.24. The van der Waals surface area contributed by atoms with Crippen LogP contribution in [0.5, 0.6) is 0 Å². The Labute approximate surface area is 181 Å². The van der Waals surface area contributed by atoms with Crippen LogP contribution in [0.2, 0.25) is 10.0 Å². The van der Waals surface area contributed by atoms with Crippen LogP contribution in [0.25, 0.3) is 0 Å². The summed E-state index contributed by atoms with van der Waals surface area (Å²) in [6, 6.07) is 8.78. The second-order valence-corrected chi connectivity index (χ2v) is 11.1. The number of halogens is 7. The van der Waals surface area contributed by atoms with Crippen LogP contribution in [0, 0.1) is 0 Å². The summed E-state index contributed by atoms with van der Waals surface area (Å²) in [5.74, 6) is -2.54. The van der Waals surface area contributed by atoms with E-state index in [-0.39, 0.29) is 24.4 Å². The zero-order valence-corrected chi connectivity index (χ0v) is 18.4. The molecule has 0 aliphatic heterocycles. The van der Waals surface area contributed by atoms with Crippen LogP contribution in [-0.2, 0) is 9.65 Å². The maximum atomic E-state index is 13.6. The van der Waals surface area contributed by atoms with Crippen molar-refractivity contribution in [1.82, 2.24) is 0 Å². The molecule has 0 saturated carbocycles. The maximum absolute atomic E-state index is 13.6. The van der Waals surface area contributed by atoms with Gasteiger partial charge in [0.15, 0.2) is 5.78 Å². The van der Waals surface area contributed by atoms with Gasteiger partial charge in [0.2, 0.25) is 0 Å². The molecular weight excluding hydrogens is 532 g/mol. The van der Waals surface area contributed by atoms with E-state index in [4.69, 9.17) is 23.2 Å². The predicted octanol–water partition coefficient (Wildman–Crippen LogP) is 7.80. The second-order valence-electron chi connectivity index (χ2n) is 6.50. The molecular formula is C19H13Br2Cl2F3O. The first-order valence-corrected chi connectivity index (χ1v) is 10.4. The Morgan fingerprint density at radius 2 is 1.74 bits per heavy atom. The first-order chi connectivity index (χ1) is 12.5. The molecule has 0 spiro atoms. The molecule has 0 aromatic heterocycles. The molecule has 0 bridgehead atoms. The van der Waals surface area contributed by atoms with Crippen molar-refractivity contribution in [2.75, 3.05) is 0 Å². The highest BCUT2D eigenvalue weighted by atomic mass is 79.9. The lowest BCUT2D eigenvalue weighted by Gasteiger charge is -2.21. The number of carbonyl (C=O) groups excluding carboxylic acids is 1. The second kappa shape index (κ2) is 7.69. The van der Waals surface area contributed by atoms with Crippen molar-refractivity contribution in [2.45, 2.75) is 34.6 Å². The molecule has 0 amide bonds. The fraction of sp³-hybridized carbons (Fsp3) is 0.316. The van der Waals surface area contributed by atoms with E-state index in [2.05, 4.69) is 31.9 Å². The summed E-state index contributed by atoms with van der Waals surface area (Å²) in [7, 11) is 0. The molecule has 3 rings (SSSR count). The van der Waals surface area contributed by atoms with Crippen LogP contribution in [0.1, 0.15) is 45.8 Å². The number of rotatable bonds is 4. The topological polar surface area (TPSA) is 17.1 Å². The normalized spacial score (nSPS) is 16.9. The highest BCUT2D eigenvalue weighted by Crippen LogP contribution is 2.49. The SMILES string of the molecule is O=C(C[C@@H](c1cc(Cl)cc(Cl)c1)C(F)(F)F)c1ccc2c(c1)CCC2(Br)Br. The van der Waals surface area contributed by atoms with Gasteiger partial charge in [0.25, 0.3) is 0 Å². The molecule has 0 fully saturated rings. The first kappa shape index (κ1) is 21.2. The van der Waals surface area contributed by atoms with Crippen LogP contribution >= 0.6 is 55.1 Å². The third-order valence-electron chi connectivity index (χ3n) is 4.60. The van der Waals surface area contributed by atoms with Crippen LogP contribution in [0.15, 0.2) is 36.4 Å². The quantitative estimate of drug-likeness (QED) is 0.283. The summed E-state index contributed by atoms with van der Waals surface area (Å²) >= 11 is 18.8. The largest absolute Gasteiger partial charge is 0.396 e. The van der Waals surface area contributed by atoms with Gasteiger partial charge in [-0.1, -0.05) is 67.2 Å². The minimum absolute atomic E-state index is 0.0997. The predicted molar refractivity (Wildman–Crippen MR) is 109 cm³/mol. The van der Waals surface area contributed by atoms with Crippen LogP contribution < -0.4 is 0 Å². The van der Waals surface area contributed by atoms with E-state index in [1.807, 2.05) is 0 Å². The lowest BCUT2D eigenvalue weighted by atomic mass is 9.90. The Kier molecular flexibility index (Phi) is 6.03. The van der Waals surface area contributed by atoms with Crippen LogP contribution in [0.4, 0.5) is 13.2 Å². The number of alkyl halides is 5. The lowest BCUT2D eigenvalue weighted by molar-refractivity contribution is -0.149. The van der Waals surface area contributed by atoms with Crippen molar-refractivity contribution >= 4 is 60.8 Å². The average molecular weight is 545 g/mol. The van der Waals surface area contributed by atoms with Gasteiger partial charge in [-0.05, 0) is 53.8 Å². The van der Waals surface area contributed by atoms with Crippen molar-refractivity contribution < 1.29 is 18.0 Å². The molecule has 1 atom stereocenters. The molecule has 1 nitrogen and oxygen atoms in total. The number of aryl methyl sites for hydroxylation is 1. The van der Waals surface area contributed by atoms with Gasteiger partial charge < -0.3 is 0 Å². The molecule has 8 heteroatoms. The molecule has 0 saturated heterocycles. The molecule has 2 aromatic carbocycles. The minimum atomic E-state index is -4.60. The highest BCUT2D eigenvalue weighted by Gasteiger charge is 2.42. The van der Waals surface area contributed by atoms with Crippen molar-refractivity contribution in [2.24, 2.45) is 0 Å². The summed E-state index contributed by atoms with van der Waals surface area (Å²) in [5, 5.41) is 0.199. The molecule has 0 radical (unpaired) electrons. The van der Waals surface area contributed by atoms with E-state index >= 15 is 0 Å². The zero-order chi connectivity index (χ0) is 20.0. The van der Waals surface area contributed by atoms with Crippen molar-refractivity contribution in [3.05, 3.63) is 68.7 Å². The molecule has 0 unspecified atom stereocenters. The summed E-state index contributed by atoms with van der Waals surface area (Å²) < 4.78 is 40.5. The number of benzene rings is 2. The Morgan fingerprint density at radius 3 is 2.33 bits per heavy atom. The Balaban J connectivity index is 1.90.